The molecule has 0 saturated carbocycles. The molecule has 3 aromatic heterocycles. The number of rotatable bonds is 5. The summed E-state index contributed by atoms with van der Waals surface area (Å²) < 4.78 is 3.78. The number of hydrogen-bond donors (Lipinski definition) is 1. The smallest absolute Gasteiger partial charge is 0.262 e. The molecule has 4 aromatic rings. The molecular weight excluding hydrogens is 380 g/mol. The molecule has 1 fully saturated rings. The van der Waals surface area contributed by atoms with Crippen LogP contribution >= 0.6 is 0 Å². The first-order valence-electron chi connectivity index (χ1n) is 10.1. The number of aryl methyl sites for hydroxylation is 1. The topological polar surface area (TPSA) is 87.9 Å². The van der Waals surface area contributed by atoms with Crippen LogP contribution in [-0.4, -0.2) is 65.3 Å². The zero-order chi connectivity index (χ0) is 20.5. The highest BCUT2D eigenvalue weighted by molar-refractivity contribution is 5.75. The Morgan fingerprint density at radius 2 is 1.77 bits per heavy atom. The molecular formula is C21H24N8O. The van der Waals surface area contributed by atoms with Crippen LogP contribution in [0.4, 0.5) is 0 Å². The van der Waals surface area contributed by atoms with Gasteiger partial charge in [-0.1, -0.05) is 18.2 Å². The molecule has 0 spiro atoms. The molecule has 1 aliphatic heterocycles. The summed E-state index contributed by atoms with van der Waals surface area (Å²) in [6, 6.07) is 9.75. The van der Waals surface area contributed by atoms with Gasteiger partial charge in [-0.15, -0.1) is 0 Å². The maximum atomic E-state index is 12.6. The third-order valence-electron chi connectivity index (χ3n) is 5.61. The van der Waals surface area contributed by atoms with Crippen molar-refractivity contribution >= 4 is 11.0 Å². The predicted molar refractivity (Wildman–Crippen MR) is 113 cm³/mol. The number of hydrogen-bond acceptors (Lipinski definition) is 6. The van der Waals surface area contributed by atoms with Gasteiger partial charge in [0.2, 0.25) is 0 Å². The van der Waals surface area contributed by atoms with Crippen molar-refractivity contribution in [3.8, 4) is 5.69 Å². The van der Waals surface area contributed by atoms with Crippen LogP contribution < -0.4 is 5.56 Å². The number of imidazole rings is 1. The van der Waals surface area contributed by atoms with E-state index in [1.54, 1.807) is 10.9 Å². The van der Waals surface area contributed by atoms with Gasteiger partial charge in [0.15, 0.2) is 5.65 Å². The highest BCUT2D eigenvalue weighted by Crippen LogP contribution is 2.14. The van der Waals surface area contributed by atoms with Gasteiger partial charge >= 0.3 is 0 Å². The molecule has 1 aliphatic rings. The fourth-order valence-electron chi connectivity index (χ4n) is 3.86. The molecule has 0 atom stereocenters. The Morgan fingerprint density at radius 3 is 2.47 bits per heavy atom. The van der Waals surface area contributed by atoms with Gasteiger partial charge in [-0.2, -0.15) is 5.10 Å². The van der Waals surface area contributed by atoms with Crippen molar-refractivity contribution in [3.63, 3.8) is 0 Å². The van der Waals surface area contributed by atoms with Gasteiger partial charge in [0.25, 0.3) is 5.56 Å². The molecule has 0 unspecified atom stereocenters. The Labute approximate surface area is 173 Å². The van der Waals surface area contributed by atoms with Crippen molar-refractivity contribution in [1.82, 2.24) is 39.1 Å². The number of H-pyrrole nitrogens is 1. The molecule has 30 heavy (non-hydrogen) atoms. The second-order valence-corrected chi connectivity index (χ2v) is 7.65. The fraction of sp³-hybridized carbons (Fsp3) is 0.333. The first-order valence-corrected chi connectivity index (χ1v) is 10.1. The number of nitrogens with zero attached hydrogens (tertiary/aromatic N) is 7. The highest BCUT2D eigenvalue weighted by Gasteiger charge is 2.20. The number of benzene rings is 1. The lowest BCUT2D eigenvalue weighted by atomic mass is 10.3. The number of piperazine rings is 1. The van der Waals surface area contributed by atoms with Crippen LogP contribution in [0.1, 0.15) is 11.6 Å². The van der Waals surface area contributed by atoms with E-state index in [0.29, 0.717) is 23.4 Å². The summed E-state index contributed by atoms with van der Waals surface area (Å²) in [7, 11) is 2.02. The average Bonchev–Trinajstić information content (AvgIpc) is 3.37. The lowest BCUT2D eigenvalue weighted by molar-refractivity contribution is 0.117. The van der Waals surface area contributed by atoms with Crippen LogP contribution in [0.15, 0.2) is 53.7 Å². The Balaban J connectivity index is 1.30. The molecule has 1 saturated heterocycles. The molecule has 1 N–H and O–H groups in total. The minimum absolute atomic E-state index is 0.148. The molecule has 0 radical (unpaired) electrons. The van der Waals surface area contributed by atoms with Crippen molar-refractivity contribution in [1.29, 1.82) is 0 Å². The van der Waals surface area contributed by atoms with E-state index in [2.05, 4.69) is 29.4 Å². The van der Waals surface area contributed by atoms with Crippen LogP contribution in [0, 0.1) is 0 Å². The molecule has 154 valence electrons. The lowest BCUT2D eigenvalue weighted by Crippen LogP contribution is -2.46. The Morgan fingerprint density at radius 1 is 1.03 bits per heavy atom. The number of nitrogens with one attached hydrogen (secondary N) is 1. The van der Waals surface area contributed by atoms with Crippen molar-refractivity contribution in [3.05, 3.63) is 70.9 Å². The SMILES string of the molecule is Cn1ccnc1CN1CCN(Cc2nc3c(cnn3-c3ccccc3)c(=O)[nH]2)CC1. The van der Waals surface area contributed by atoms with E-state index >= 15 is 0 Å². The Hall–Kier alpha value is -3.30. The summed E-state index contributed by atoms with van der Waals surface area (Å²) in [6.45, 7) is 5.23. The lowest BCUT2D eigenvalue weighted by Gasteiger charge is -2.34. The van der Waals surface area contributed by atoms with Crippen LogP contribution in [0.25, 0.3) is 16.7 Å². The zero-order valence-electron chi connectivity index (χ0n) is 16.9. The van der Waals surface area contributed by atoms with Crippen molar-refractivity contribution in [2.45, 2.75) is 13.1 Å². The number of aromatic amines is 1. The zero-order valence-corrected chi connectivity index (χ0v) is 16.9. The van der Waals surface area contributed by atoms with Gasteiger partial charge in [0.05, 0.1) is 25.0 Å². The normalized spacial score (nSPS) is 15.8. The average molecular weight is 404 g/mol. The summed E-state index contributed by atoms with van der Waals surface area (Å²) in [6.07, 6.45) is 5.39. The summed E-state index contributed by atoms with van der Waals surface area (Å²) in [5, 5.41) is 4.88. The van der Waals surface area contributed by atoms with Crippen molar-refractivity contribution in [2.75, 3.05) is 26.2 Å². The first-order chi connectivity index (χ1) is 14.7. The minimum Gasteiger partial charge on any atom is -0.337 e. The predicted octanol–water partition coefficient (Wildman–Crippen LogP) is 1.16. The molecule has 0 bridgehead atoms. The van der Waals surface area contributed by atoms with Gasteiger partial charge < -0.3 is 9.55 Å². The standard InChI is InChI=1S/C21H24N8O/c1-26-8-7-22-19(26)15-28-11-9-27(10-12-28)14-18-24-20-17(21(30)25-18)13-23-29(20)16-5-3-2-4-6-16/h2-8,13H,9-12,14-15H2,1H3,(H,24,25,30). The largest absolute Gasteiger partial charge is 0.337 e. The number of para-hydroxylation sites is 1. The fourth-order valence-corrected chi connectivity index (χ4v) is 3.86. The van der Waals surface area contributed by atoms with E-state index in [0.717, 1.165) is 44.2 Å². The van der Waals surface area contributed by atoms with Crippen molar-refractivity contribution < 1.29 is 0 Å². The van der Waals surface area contributed by atoms with E-state index in [4.69, 9.17) is 4.98 Å². The van der Waals surface area contributed by atoms with Gasteiger partial charge in [0, 0.05) is 45.6 Å². The summed E-state index contributed by atoms with van der Waals surface area (Å²) in [5.41, 5.74) is 1.33. The molecule has 1 aromatic carbocycles. The van der Waals surface area contributed by atoms with E-state index in [-0.39, 0.29) is 5.56 Å². The summed E-state index contributed by atoms with van der Waals surface area (Å²) in [5.74, 6) is 1.75. The second-order valence-electron chi connectivity index (χ2n) is 7.65. The highest BCUT2D eigenvalue weighted by atomic mass is 16.1. The number of fused-ring (bicyclic) bond motifs is 1. The monoisotopic (exact) mass is 404 g/mol. The van der Waals surface area contributed by atoms with Crippen LogP contribution in [0.5, 0.6) is 0 Å². The van der Waals surface area contributed by atoms with E-state index < -0.39 is 0 Å². The molecule has 4 heterocycles. The molecule has 0 aliphatic carbocycles. The van der Waals surface area contributed by atoms with E-state index in [1.165, 1.54) is 0 Å². The quantitative estimate of drug-likeness (QED) is 0.537. The number of aromatic nitrogens is 6. The second kappa shape index (κ2) is 7.85. The molecule has 0 amide bonds. The molecule has 5 rings (SSSR count). The maximum absolute atomic E-state index is 12.6. The van der Waals surface area contributed by atoms with Gasteiger partial charge in [-0.25, -0.2) is 14.6 Å². The van der Waals surface area contributed by atoms with Crippen molar-refractivity contribution in [2.24, 2.45) is 7.05 Å². The first kappa shape index (κ1) is 18.7. The Kier molecular flexibility index (Phi) is 4.89. The van der Waals surface area contributed by atoms with Gasteiger partial charge in [-0.3, -0.25) is 14.6 Å². The van der Waals surface area contributed by atoms with Gasteiger partial charge in [0.1, 0.15) is 17.0 Å². The third kappa shape index (κ3) is 3.64. The van der Waals surface area contributed by atoms with Crippen LogP contribution in [0.2, 0.25) is 0 Å². The van der Waals surface area contributed by atoms with E-state index in [1.807, 2.05) is 49.8 Å². The van der Waals surface area contributed by atoms with Crippen LogP contribution in [-0.2, 0) is 20.1 Å². The van der Waals surface area contributed by atoms with Crippen LogP contribution in [0.3, 0.4) is 0 Å². The summed E-state index contributed by atoms with van der Waals surface area (Å²) in [4.78, 5) is 29.4. The maximum Gasteiger partial charge on any atom is 0.262 e. The third-order valence-corrected chi connectivity index (χ3v) is 5.61. The molecule has 9 heteroatoms. The summed E-state index contributed by atoms with van der Waals surface area (Å²) >= 11 is 0. The van der Waals surface area contributed by atoms with E-state index in [9.17, 15) is 4.79 Å². The Bertz CT molecular complexity index is 1200. The molecule has 9 nitrogen and oxygen atoms in total. The minimum atomic E-state index is -0.148. The van der Waals surface area contributed by atoms with Gasteiger partial charge in [-0.05, 0) is 12.1 Å².